The number of carbonyl (C=O) groups excluding carboxylic acids is 1. The minimum absolute atomic E-state index is 0.0415. The molecule has 0 bridgehead atoms. The number of fused-ring (bicyclic) bond motifs is 1. The summed E-state index contributed by atoms with van der Waals surface area (Å²) in [4.78, 5) is 15.7. The molecule has 0 unspecified atom stereocenters. The molecule has 0 atom stereocenters. The van der Waals surface area contributed by atoms with E-state index in [0.717, 1.165) is 5.75 Å². The van der Waals surface area contributed by atoms with E-state index in [2.05, 4.69) is 10.1 Å². The van der Waals surface area contributed by atoms with Crippen molar-refractivity contribution in [2.75, 3.05) is 12.9 Å². The first-order chi connectivity index (χ1) is 9.26. The zero-order valence-electron chi connectivity index (χ0n) is 10.2. The number of benzene rings is 1. The number of rotatable bonds is 4. The Labute approximate surface area is 113 Å². The molecule has 0 saturated heterocycles. The van der Waals surface area contributed by atoms with Crippen LogP contribution in [0, 0.1) is 0 Å². The zero-order valence-corrected chi connectivity index (χ0v) is 11.0. The SMILES string of the molecule is COc1cccc(OCc2nc3n(n2)C(=O)CS3)c1. The van der Waals surface area contributed by atoms with Gasteiger partial charge in [-0.05, 0) is 12.1 Å². The van der Waals surface area contributed by atoms with E-state index in [1.165, 1.54) is 16.4 Å². The largest absolute Gasteiger partial charge is 0.497 e. The average Bonchev–Trinajstić information content (AvgIpc) is 2.99. The minimum Gasteiger partial charge on any atom is -0.497 e. The van der Waals surface area contributed by atoms with Gasteiger partial charge in [0.25, 0.3) is 5.91 Å². The lowest BCUT2D eigenvalue weighted by Gasteiger charge is -2.05. The van der Waals surface area contributed by atoms with E-state index in [4.69, 9.17) is 9.47 Å². The standard InChI is InChI=1S/C12H11N3O3S/c1-17-8-3-2-4-9(5-8)18-6-10-13-12-15(14-10)11(16)7-19-12/h2-5H,6-7H2,1H3. The average molecular weight is 277 g/mol. The van der Waals surface area contributed by atoms with Crippen molar-refractivity contribution >= 4 is 17.7 Å². The van der Waals surface area contributed by atoms with Crippen molar-refractivity contribution in [3.63, 3.8) is 0 Å². The van der Waals surface area contributed by atoms with Crippen molar-refractivity contribution in [1.29, 1.82) is 0 Å². The fraction of sp³-hybridized carbons (Fsp3) is 0.250. The van der Waals surface area contributed by atoms with Gasteiger partial charge in [-0.1, -0.05) is 17.8 Å². The predicted molar refractivity (Wildman–Crippen MR) is 68.7 cm³/mol. The van der Waals surface area contributed by atoms with Crippen LogP contribution in [0.3, 0.4) is 0 Å². The molecule has 0 aliphatic carbocycles. The van der Waals surface area contributed by atoms with Gasteiger partial charge in [0, 0.05) is 6.07 Å². The first-order valence-corrected chi connectivity index (χ1v) is 6.63. The molecule has 1 aromatic carbocycles. The Bertz CT molecular complexity index is 626. The molecule has 7 heteroatoms. The van der Waals surface area contributed by atoms with Crippen molar-refractivity contribution in [2.45, 2.75) is 11.8 Å². The van der Waals surface area contributed by atoms with Gasteiger partial charge in [-0.2, -0.15) is 4.68 Å². The Kier molecular flexibility index (Phi) is 3.12. The third-order valence-electron chi connectivity index (χ3n) is 2.59. The Morgan fingerprint density at radius 3 is 3.05 bits per heavy atom. The fourth-order valence-electron chi connectivity index (χ4n) is 1.68. The number of hydrogen-bond acceptors (Lipinski definition) is 6. The predicted octanol–water partition coefficient (Wildman–Crippen LogP) is 1.61. The van der Waals surface area contributed by atoms with Gasteiger partial charge in [0.05, 0.1) is 12.9 Å². The molecule has 1 aliphatic heterocycles. The summed E-state index contributed by atoms with van der Waals surface area (Å²) < 4.78 is 12.0. The van der Waals surface area contributed by atoms with Crippen LogP contribution in [0.25, 0.3) is 0 Å². The molecule has 0 amide bonds. The Hall–Kier alpha value is -2.02. The molecular formula is C12H11N3O3S. The molecule has 0 radical (unpaired) electrons. The van der Waals surface area contributed by atoms with Gasteiger partial charge in [0.1, 0.15) is 18.1 Å². The lowest BCUT2D eigenvalue weighted by Crippen LogP contribution is -2.09. The molecule has 0 spiro atoms. The molecule has 0 saturated carbocycles. The summed E-state index contributed by atoms with van der Waals surface area (Å²) in [6, 6.07) is 7.29. The van der Waals surface area contributed by atoms with Gasteiger partial charge < -0.3 is 9.47 Å². The maximum atomic E-state index is 11.4. The van der Waals surface area contributed by atoms with Crippen molar-refractivity contribution < 1.29 is 14.3 Å². The van der Waals surface area contributed by atoms with Crippen LogP contribution in [0.2, 0.25) is 0 Å². The summed E-state index contributed by atoms with van der Waals surface area (Å²) in [6.07, 6.45) is 0. The molecule has 1 aromatic heterocycles. The number of aromatic nitrogens is 3. The van der Waals surface area contributed by atoms with Crippen LogP contribution in [0.5, 0.6) is 11.5 Å². The maximum Gasteiger partial charge on any atom is 0.259 e. The van der Waals surface area contributed by atoms with E-state index in [-0.39, 0.29) is 12.5 Å². The van der Waals surface area contributed by atoms with Crippen molar-refractivity contribution in [2.24, 2.45) is 0 Å². The van der Waals surface area contributed by atoms with Gasteiger partial charge in [-0.15, -0.1) is 5.10 Å². The van der Waals surface area contributed by atoms with Crippen molar-refractivity contribution in [1.82, 2.24) is 14.8 Å². The number of nitrogens with zero attached hydrogens (tertiary/aromatic N) is 3. The number of hydrogen-bond donors (Lipinski definition) is 0. The molecular weight excluding hydrogens is 266 g/mol. The number of methoxy groups -OCH3 is 1. The molecule has 19 heavy (non-hydrogen) atoms. The van der Waals surface area contributed by atoms with E-state index in [1.54, 1.807) is 13.2 Å². The van der Waals surface area contributed by atoms with Crippen LogP contribution in [-0.4, -0.2) is 33.5 Å². The van der Waals surface area contributed by atoms with Crippen LogP contribution in [-0.2, 0) is 6.61 Å². The summed E-state index contributed by atoms with van der Waals surface area (Å²) in [6.45, 7) is 0.223. The highest BCUT2D eigenvalue weighted by Crippen LogP contribution is 2.23. The third-order valence-corrected chi connectivity index (χ3v) is 3.51. The molecule has 6 nitrogen and oxygen atoms in total. The quantitative estimate of drug-likeness (QED) is 0.846. The normalized spacial score (nSPS) is 13.4. The first kappa shape index (κ1) is 12.0. The van der Waals surface area contributed by atoms with Gasteiger partial charge >= 0.3 is 0 Å². The second-order valence-corrected chi connectivity index (χ2v) is 4.81. The summed E-state index contributed by atoms with van der Waals surface area (Å²) in [5.74, 6) is 2.27. The summed E-state index contributed by atoms with van der Waals surface area (Å²) >= 11 is 1.39. The highest BCUT2D eigenvalue weighted by atomic mass is 32.2. The lowest BCUT2D eigenvalue weighted by molar-refractivity contribution is 0.0922. The second-order valence-electron chi connectivity index (χ2n) is 3.87. The van der Waals surface area contributed by atoms with Gasteiger partial charge in [-0.25, -0.2) is 4.98 Å². The van der Waals surface area contributed by atoms with Crippen LogP contribution in [0.4, 0.5) is 0 Å². The number of carbonyl (C=O) groups is 1. The second kappa shape index (κ2) is 4.93. The fourth-order valence-corrected chi connectivity index (χ4v) is 2.49. The molecule has 0 N–H and O–H groups in total. The molecule has 3 rings (SSSR count). The van der Waals surface area contributed by atoms with E-state index in [9.17, 15) is 4.79 Å². The van der Waals surface area contributed by atoms with E-state index in [1.807, 2.05) is 18.2 Å². The van der Waals surface area contributed by atoms with E-state index >= 15 is 0 Å². The van der Waals surface area contributed by atoms with Crippen LogP contribution in [0.1, 0.15) is 10.6 Å². The van der Waals surface area contributed by atoms with E-state index < -0.39 is 0 Å². The van der Waals surface area contributed by atoms with Crippen molar-refractivity contribution in [3.8, 4) is 11.5 Å². The summed E-state index contributed by atoms with van der Waals surface area (Å²) in [5.41, 5.74) is 0. The van der Waals surface area contributed by atoms with E-state index in [0.29, 0.717) is 22.5 Å². The highest BCUT2D eigenvalue weighted by Gasteiger charge is 2.23. The lowest BCUT2D eigenvalue weighted by atomic mass is 10.3. The Morgan fingerprint density at radius 1 is 1.42 bits per heavy atom. The minimum atomic E-state index is -0.0415. The topological polar surface area (TPSA) is 66.2 Å². The Morgan fingerprint density at radius 2 is 2.26 bits per heavy atom. The monoisotopic (exact) mass is 277 g/mol. The highest BCUT2D eigenvalue weighted by molar-refractivity contribution is 8.00. The molecule has 98 valence electrons. The smallest absolute Gasteiger partial charge is 0.259 e. The summed E-state index contributed by atoms with van der Waals surface area (Å²) in [7, 11) is 1.60. The first-order valence-electron chi connectivity index (χ1n) is 5.65. The van der Waals surface area contributed by atoms with Crippen LogP contribution in [0.15, 0.2) is 29.4 Å². The molecule has 2 aromatic rings. The molecule has 1 aliphatic rings. The van der Waals surface area contributed by atoms with Gasteiger partial charge in [0.15, 0.2) is 11.0 Å². The number of thioether (sulfide) groups is 1. The Balaban J connectivity index is 1.69. The van der Waals surface area contributed by atoms with Gasteiger partial charge in [-0.3, -0.25) is 4.79 Å². The van der Waals surface area contributed by atoms with Crippen LogP contribution >= 0.6 is 11.8 Å². The number of ether oxygens (including phenoxy) is 2. The zero-order chi connectivity index (χ0) is 13.2. The maximum absolute atomic E-state index is 11.4. The van der Waals surface area contributed by atoms with Gasteiger partial charge in [0.2, 0.25) is 0 Å². The summed E-state index contributed by atoms with van der Waals surface area (Å²) in [5, 5.41) is 4.74. The molecule has 2 heterocycles. The third kappa shape index (κ3) is 2.41. The van der Waals surface area contributed by atoms with Crippen molar-refractivity contribution in [3.05, 3.63) is 30.1 Å². The van der Waals surface area contributed by atoms with Crippen LogP contribution < -0.4 is 9.47 Å². The molecule has 0 fully saturated rings.